The number of aromatic nitrogens is 4. The Morgan fingerprint density at radius 2 is 2.04 bits per heavy atom. The zero-order chi connectivity index (χ0) is 16.9. The van der Waals surface area contributed by atoms with Crippen LogP contribution in [0.2, 0.25) is 0 Å². The number of rotatable bonds is 6. The Balaban J connectivity index is 1.58. The van der Waals surface area contributed by atoms with Gasteiger partial charge in [-0.25, -0.2) is 4.68 Å². The first-order valence-corrected chi connectivity index (χ1v) is 9.36. The smallest absolute Gasteiger partial charge is 0.233 e. The van der Waals surface area contributed by atoms with Gasteiger partial charge in [-0.1, -0.05) is 54.9 Å². The zero-order valence-electron chi connectivity index (χ0n) is 14.1. The van der Waals surface area contributed by atoms with Crippen molar-refractivity contribution in [1.82, 2.24) is 25.1 Å². The molecule has 1 amide bonds. The van der Waals surface area contributed by atoms with Crippen LogP contribution in [0.3, 0.4) is 0 Å². The normalized spacial score (nSPS) is 16.2. The lowest BCUT2D eigenvalue weighted by Crippen LogP contribution is -2.31. The standard InChI is InChI=1S/C17H23N5OS/c1-13(14-8-4-3-5-9-14)21(2)16(23)12-24-17-18-19-20-22(17)15-10-6-7-11-15/h3-5,8-9,13,15H,6-7,10-12H2,1-2H3. The number of thioether (sulfide) groups is 1. The van der Waals surface area contributed by atoms with E-state index in [9.17, 15) is 4.79 Å². The molecule has 2 aromatic rings. The van der Waals surface area contributed by atoms with Crippen LogP contribution >= 0.6 is 11.8 Å². The van der Waals surface area contributed by atoms with Crippen molar-refractivity contribution < 1.29 is 4.79 Å². The summed E-state index contributed by atoms with van der Waals surface area (Å²) in [4.78, 5) is 14.3. The van der Waals surface area contributed by atoms with Gasteiger partial charge in [-0.15, -0.1) is 5.10 Å². The number of hydrogen-bond donors (Lipinski definition) is 0. The van der Waals surface area contributed by atoms with Crippen molar-refractivity contribution in [2.75, 3.05) is 12.8 Å². The summed E-state index contributed by atoms with van der Waals surface area (Å²) < 4.78 is 1.89. The molecule has 1 aromatic heterocycles. The molecule has 0 radical (unpaired) electrons. The van der Waals surface area contributed by atoms with E-state index in [1.807, 2.05) is 49.0 Å². The van der Waals surface area contributed by atoms with Crippen LogP contribution in [-0.2, 0) is 4.79 Å². The Labute approximate surface area is 146 Å². The van der Waals surface area contributed by atoms with Crippen LogP contribution in [0.25, 0.3) is 0 Å². The number of tetrazole rings is 1. The molecule has 3 rings (SSSR count). The van der Waals surface area contributed by atoms with E-state index in [1.165, 1.54) is 24.6 Å². The van der Waals surface area contributed by atoms with E-state index in [1.54, 1.807) is 4.90 Å². The molecule has 24 heavy (non-hydrogen) atoms. The molecule has 0 N–H and O–H groups in total. The van der Waals surface area contributed by atoms with Gasteiger partial charge in [0.05, 0.1) is 17.8 Å². The number of amides is 1. The Hall–Kier alpha value is -1.89. The van der Waals surface area contributed by atoms with Crippen LogP contribution in [0.1, 0.15) is 50.3 Å². The first kappa shape index (κ1) is 17.0. The minimum absolute atomic E-state index is 0.0464. The van der Waals surface area contributed by atoms with Crippen molar-refractivity contribution in [2.24, 2.45) is 0 Å². The molecule has 0 spiro atoms. The number of carbonyl (C=O) groups is 1. The van der Waals surface area contributed by atoms with Gasteiger partial charge in [0.2, 0.25) is 11.1 Å². The zero-order valence-corrected chi connectivity index (χ0v) is 14.9. The van der Waals surface area contributed by atoms with Crippen molar-refractivity contribution in [3.05, 3.63) is 35.9 Å². The maximum absolute atomic E-state index is 12.5. The van der Waals surface area contributed by atoms with E-state index >= 15 is 0 Å². The number of carbonyl (C=O) groups excluding carboxylic acids is 1. The second-order valence-electron chi connectivity index (χ2n) is 6.22. The molecular formula is C17H23N5OS. The van der Waals surface area contributed by atoms with E-state index in [0.29, 0.717) is 11.8 Å². The second kappa shape index (κ2) is 7.79. The predicted octanol–water partition coefficient (Wildman–Crippen LogP) is 3.10. The summed E-state index contributed by atoms with van der Waals surface area (Å²) in [6, 6.07) is 10.5. The summed E-state index contributed by atoms with van der Waals surface area (Å²) in [6.07, 6.45) is 4.70. The fraction of sp³-hybridized carbons (Fsp3) is 0.529. The summed E-state index contributed by atoms with van der Waals surface area (Å²) in [5.74, 6) is 0.429. The van der Waals surface area contributed by atoms with E-state index in [0.717, 1.165) is 23.6 Å². The summed E-state index contributed by atoms with van der Waals surface area (Å²) in [5, 5.41) is 12.7. The third kappa shape index (κ3) is 3.77. The fourth-order valence-electron chi connectivity index (χ4n) is 3.06. The highest BCUT2D eigenvalue weighted by Gasteiger charge is 2.23. The highest BCUT2D eigenvalue weighted by Crippen LogP contribution is 2.31. The van der Waals surface area contributed by atoms with Crippen LogP contribution in [0.5, 0.6) is 0 Å². The molecule has 1 fully saturated rings. The summed E-state index contributed by atoms with van der Waals surface area (Å²) >= 11 is 1.43. The minimum Gasteiger partial charge on any atom is -0.338 e. The lowest BCUT2D eigenvalue weighted by atomic mass is 10.1. The molecule has 1 heterocycles. The van der Waals surface area contributed by atoms with Gasteiger partial charge in [-0.05, 0) is 35.8 Å². The lowest BCUT2D eigenvalue weighted by Gasteiger charge is -2.25. The number of nitrogens with zero attached hydrogens (tertiary/aromatic N) is 5. The van der Waals surface area contributed by atoms with Crippen LogP contribution in [0.4, 0.5) is 0 Å². The van der Waals surface area contributed by atoms with Gasteiger partial charge in [0.1, 0.15) is 0 Å². The molecule has 128 valence electrons. The maximum atomic E-state index is 12.5. The minimum atomic E-state index is 0.0464. The van der Waals surface area contributed by atoms with Crippen molar-refractivity contribution in [3.63, 3.8) is 0 Å². The van der Waals surface area contributed by atoms with Gasteiger partial charge in [0.15, 0.2) is 0 Å². The van der Waals surface area contributed by atoms with Gasteiger partial charge in [-0.2, -0.15) is 0 Å². The highest BCUT2D eigenvalue weighted by atomic mass is 32.2. The van der Waals surface area contributed by atoms with Gasteiger partial charge in [-0.3, -0.25) is 4.79 Å². The van der Waals surface area contributed by atoms with Crippen molar-refractivity contribution >= 4 is 17.7 Å². The molecule has 7 heteroatoms. The lowest BCUT2D eigenvalue weighted by molar-refractivity contribution is -0.128. The molecule has 6 nitrogen and oxygen atoms in total. The maximum Gasteiger partial charge on any atom is 0.233 e. The molecule has 1 aliphatic carbocycles. The van der Waals surface area contributed by atoms with Crippen LogP contribution in [0.15, 0.2) is 35.5 Å². The van der Waals surface area contributed by atoms with Gasteiger partial charge in [0, 0.05) is 7.05 Å². The predicted molar refractivity (Wildman–Crippen MR) is 93.7 cm³/mol. The monoisotopic (exact) mass is 345 g/mol. The van der Waals surface area contributed by atoms with E-state index in [2.05, 4.69) is 15.5 Å². The largest absolute Gasteiger partial charge is 0.338 e. The van der Waals surface area contributed by atoms with Crippen molar-refractivity contribution in [3.8, 4) is 0 Å². The molecule has 1 aromatic carbocycles. The van der Waals surface area contributed by atoms with E-state index < -0.39 is 0 Å². The highest BCUT2D eigenvalue weighted by molar-refractivity contribution is 7.99. The Bertz CT molecular complexity index is 669. The van der Waals surface area contributed by atoms with Gasteiger partial charge >= 0.3 is 0 Å². The molecule has 1 saturated carbocycles. The van der Waals surface area contributed by atoms with Crippen molar-refractivity contribution in [1.29, 1.82) is 0 Å². The molecule has 1 aliphatic rings. The van der Waals surface area contributed by atoms with E-state index in [4.69, 9.17) is 0 Å². The van der Waals surface area contributed by atoms with Crippen molar-refractivity contribution in [2.45, 2.75) is 49.8 Å². The number of benzene rings is 1. The average molecular weight is 345 g/mol. The Morgan fingerprint density at radius 1 is 1.33 bits per heavy atom. The summed E-state index contributed by atoms with van der Waals surface area (Å²) in [7, 11) is 1.85. The Kier molecular flexibility index (Phi) is 5.50. The van der Waals surface area contributed by atoms with Gasteiger partial charge < -0.3 is 4.90 Å². The molecule has 1 atom stereocenters. The average Bonchev–Trinajstić information content (AvgIpc) is 3.30. The summed E-state index contributed by atoms with van der Waals surface area (Å²) in [6.45, 7) is 2.04. The van der Waals surface area contributed by atoms with Crippen LogP contribution in [0, 0.1) is 0 Å². The molecule has 0 bridgehead atoms. The van der Waals surface area contributed by atoms with Crippen LogP contribution in [-0.4, -0.2) is 43.8 Å². The molecule has 1 unspecified atom stereocenters. The third-order valence-corrected chi connectivity index (χ3v) is 5.63. The Morgan fingerprint density at radius 3 is 2.75 bits per heavy atom. The number of hydrogen-bond acceptors (Lipinski definition) is 5. The summed E-state index contributed by atoms with van der Waals surface area (Å²) in [5.41, 5.74) is 1.13. The third-order valence-electron chi connectivity index (χ3n) is 4.71. The first-order valence-electron chi connectivity index (χ1n) is 8.38. The fourth-order valence-corrected chi connectivity index (χ4v) is 3.93. The first-order chi connectivity index (χ1) is 11.7. The van der Waals surface area contributed by atoms with Crippen LogP contribution < -0.4 is 0 Å². The quantitative estimate of drug-likeness (QED) is 0.753. The molecular weight excluding hydrogens is 322 g/mol. The topological polar surface area (TPSA) is 63.9 Å². The SMILES string of the molecule is CC(c1ccccc1)N(C)C(=O)CSc1nnnn1C1CCCC1. The second-order valence-corrected chi connectivity index (χ2v) is 7.17. The van der Waals surface area contributed by atoms with E-state index in [-0.39, 0.29) is 11.9 Å². The van der Waals surface area contributed by atoms with Gasteiger partial charge in [0.25, 0.3) is 0 Å². The molecule has 0 saturated heterocycles. The molecule has 0 aliphatic heterocycles.